The van der Waals surface area contributed by atoms with E-state index >= 15 is 0 Å². The van der Waals surface area contributed by atoms with Crippen LogP contribution in [0.4, 0.5) is 5.69 Å². The number of phenolic OH excluding ortho intramolecular Hbond substituents is 1. The minimum absolute atomic E-state index is 0.0709. The number of carbonyl (C=O) groups excluding carboxylic acids is 1. The third-order valence-electron chi connectivity index (χ3n) is 3.60. The summed E-state index contributed by atoms with van der Waals surface area (Å²) >= 11 is 7.72. The first-order valence-corrected chi connectivity index (χ1v) is 8.80. The lowest BCUT2D eigenvalue weighted by Crippen LogP contribution is -2.14. The van der Waals surface area contributed by atoms with E-state index in [2.05, 4.69) is 5.32 Å². The second kappa shape index (κ2) is 7.16. The van der Waals surface area contributed by atoms with Gasteiger partial charge in [0.2, 0.25) is 5.91 Å². The predicted molar refractivity (Wildman–Crippen MR) is 101 cm³/mol. The van der Waals surface area contributed by atoms with Crippen molar-refractivity contribution >= 4 is 45.7 Å². The quantitative estimate of drug-likeness (QED) is 0.496. The fraction of sp³-hybridized carbons (Fsp3) is 0.105. The highest BCUT2D eigenvalue weighted by Crippen LogP contribution is 2.33. The second-order valence-electron chi connectivity index (χ2n) is 5.45. The lowest BCUT2D eigenvalue weighted by molar-refractivity contribution is -0.113. The van der Waals surface area contributed by atoms with E-state index in [1.165, 1.54) is 11.8 Å². The van der Waals surface area contributed by atoms with Gasteiger partial charge in [-0.2, -0.15) is 0 Å². The van der Waals surface area contributed by atoms with E-state index in [-0.39, 0.29) is 17.4 Å². The highest BCUT2D eigenvalue weighted by molar-refractivity contribution is 8.00. The Kier molecular flexibility index (Phi) is 4.97. The number of amides is 1. The molecule has 3 nitrogen and oxygen atoms in total. The number of rotatable bonds is 4. The average molecular weight is 358 g/mol. The van der Waals surface area contributed by atoms with Crippen LogP contribution in [0.2, 0.25) is 5.02 Å². The van der Waals surface area contributed by atoms with E-state index in [0.717, 1.165) is 21.2 Å². The van der Waals surface area contributed by atoms with Gasteiger partial charge < -0.3 is 10.4 Å². The number of carbonyl (C=O) groups is 1. The largest absolute Gasteiger partial charge is 0.506 e. The van der Waals surface area contributed by atoms with E-state index in [4.69, 9.17) is 11.6 Å². The third kappa shape index (κ3) is 3.66. The molecule has 0 saturated heterocycles. The molecule has 0 aliphatic carbocycles. The number of fused-ring (bicyclic) bond motifs is 1. The fourth-order valence-corrected chi connectivity index (χ4v) is 3.70. The van der Waals surface area contributed by atoms with Gasteiger partial charge in [0.15, 0.2) is 0 Å². The average Bonchev–Trinajstić information content (AvgIpc) is 2.56. The topological polar surface area (TPSA) is 49.3 Å². The first kappa shape index (κ1) is 16.7. The second-order valence-corrected chi connectivity index (χ2v) is 6.88. The Labute approximate surface area is 149 Å². The summed E-state index contributed by atoms with van der Waals surface area (Å²) in [4.78, 5) is 13.1. The molecule has 0 spiro atoms. The molecule has 0 atom stereocenters. The fourth-order valence-electron chi connectivity index (χ4n) is 2.46. The van der Waals surface area contributed by atoms with E-state index in [9.17, 15) is 9.90 Å². The van der Waals surface area contributed by atoms with Gasteiger partial charge >= 0.3 is 0 Å². The molecule has 0 fully saturated rings. The van der Waals surface area contributed by atoms with Crippen molar-refractivity contribution < 1.29 is 9.90 Å². The van der Waals surface area contributed by atoms with Gasteiger partial charge in [0.05, 0.1) is 11.4 Å². The number of phenols is 1. The monoisotopic (exact) mass is 357 g/mol. The van der Waals surface area contributed by atoms with E-state index < -0.39 is 0 Å². The van der Waals surface area contributed by atoms with Crippen molar-refractivity contribution in [3.05, 3.63) is 65.2 Å². The molecule has 24 heavy (non-hydrogen) atoms. The van der Waals surface area contributed by atoms with E-state index in [1.54, 1.807) is 12.1 Å². The Morgan fingerprint density at radius 2 is 1.92 bits per heavy atom. The molecule has 0 aliphatic rings. The SMILES string of the molecule is Cc1ccc(NC(=O)CSc2cccc3cccc(Cl)c23)c(O)c1. The minimum Gasteiger partial charge on any atom is -0.506 e. The number of benzene rings is 3. The molecular weight excluding hydrogens is 342 g/mol. The van der Waals surface area contributed by atoms with Crippen molar-refractivity contribution in [2.24, 2.45) is 0 Å². The number of aromatic hydroxyl groups is 1. The van der Waals surface area contributed by atoms with Crippen molar-refractivity contribution in [3.8, 4) is 5.75 Å². The third-order valence-corrected chi connectivity index (χ3v) is 4.97. The summed E-state index contributed by atoms with van der Waals surface area (Å²) < 4.78 is 0. The molecule has 1 amide bonds. The van der Waals surface area contributed by atoms with Gasteiger partial charge in [0, 0.05) is 15.3 Å². The molecule has 0 aliphatic heterocycles. The van der Waals surface area contributed by atoms with Gasteiger partial charge in [0.1, 0.15) is 5.75 Å². The molecule has 3 aromatic rings. The zero-order valence-electron chi connectivity index (χ0n) is 13.0. The highest BCUT2D eigenvalue weighted by atomic mass is 35.5. The molecule has 3 rings (SSSR count). The van der Waals surface area contributed by atoms with Crippen molar-refractivity contribution in [1.29, 1.82) is 0 Å². The zero-order chi connectivity index (χ0) is 17.1. The number of hydrogen-bond acceptors (Lipinski definition) is 3. The molecule has 0 unspecified atom stereocenters. The van der Waals surface area contributed by atoms with E-state index in [1.807, 2.05) is 49.4 Å². The van der Waals surface area contributed by atoms with Crippen LogP contribution in [0.15, 0.2) is 59.5 Å². The Morgan fingerprint density at radius 1 is 1.17 bits per heavy atom. The summed E-state index contributed by atoms with van der Waals surface area (Å²) in [6, 6.07) is 16.8. The number of halogens is 1. The Hall–Kier alpha value is -2.17. The molecular formula is C19H16ClNO2S. The molecule has 0 bridgehead atoms. The van der Waals surface area contributed by atoms with Crippen LogP contribution in [0.5, 0.6) is 5.75 Å². The summed E-state index contributed by atoms with van der Waals surface area (Å²) in [5.41, 5.74) is 1.35. The number of anilines is 1. The maximum absolute atomic E-state index is 12.2. The van der Waals surface area contributed by atoms with Crippen molar-refractivity contribution in [3.63, 3.8) is 0 Å². The lowest BCUT2D eigenvalue weighted by atomic mass is 10.1. The van der Waals surface area contributed by atoms with Crippen LogP contribution in [0.25, 0.3) is 10.8 Å². The first-order chi connectivity index (χ1) is 11.5. The van der Waals surface area contributed by atoms with Crippen LogP contribution in [-0.4, -0.2) is 16.8 Å². The van der Waals surface area contributed by atoms with Crippen LogP contribution in [-0.2, 0) is 4.79 Å². The van der Waals surface area contributed by atoms with Crippen LogP contribution >= 0.6 is 23.4 Å². The minimum atomic E-state index is -0.178. The Morgan fingerprint density at radius 3 is 2.67 bits per heavy atom. The van der Waals surface area contributed by atoms with Crippen LogP contribution < -0.4 is 5.32 Å². The van der Waals surface area contributed by atoms with Gasteiger partial charge in [-0.15, -0.1) is 11.8 Å². The molecule has 0 aromatic heterocycles. The smallest absolute Gasteiger partial charge is 0.234 e. The summed E-state index contributed by atoms with van der Waals surface area (Å²) in [6.07, 6.45) is 0. The highest BCUT2D eigenvalue weighted by Gasteiger charge is 2.10. The molecule has 0 saturated carbocycles. The van der Waals surface area contributed by atoms with Crippen LogP contribution in [0.1, 0.15) is 5.56 Å². The summed E-state index contributed by atoms with van der Waals surface area (Å²) in [5, 5.41) is 15.3. The molecule has 3 aromatic carbocycles. The van der Waals surface area contributed by atoms with Gasteiger partial charge in [-0.1, -0.05) is 41.9 Å². The van der Waals surface area contributed by atoms with Crippen LogP contribution in [0, 0.1) is 6.92 Å². The van der Waals surface area contributed by atoms with Gasteiger partial charge in [0.25, 0.3) is 0 Å². The standard InChI is InChI=1S/C19H16ClNO2S/c1-12-8-9-15(16(22)10-12)21-18(23)11-24-17-7-3-5-13-4-2-6-14(20)19(13)17/h2-10,22H,11H2,1H3,(H,21,23). The van der Waals surface area contributed by atoms with Crippen LogP contribution in [0.3, 0.4) is 0 Å². The Bertz CT molecular complexity index is 906. The zero-order valence-corrected chi connectivity index (χ0v) is 14.6. The molecule has 122 valence electrons. The van der Waals surface area contributed by atoms with Crippen molar-refractivity contribution in [2.45, 2.75) is 11.8 Å². The summed E-state index contributed by atoms with van der Waals surface area (Å²) in [6.45, 7) is 1.88. The summed E-state index contributed by atoms with van der Waals surface area (Å²) in [5.74, 6) is 0.127. The number of thioether (sulfide) groups is 1. The maximum atomic E-state index is 12.2. The molecule has 0 heterocycles. The number of aryl methyl sites for hydroxylation is 1. The number of nitrogens with one attached hydrogen (secondary N) is 1. The Balaban J connectivity index is 1.73. The van der Waals surface area contributed by atoms with Crippen molar-refractivity contribution in [1.82, 2.24) is 0 Å². The van der Waals surface area contributed by atoms with E-state index in [0.29, 0.717) is 10.7 Å². The lowest BCUT2D eigenvalue weighted by Gasteiger charge is -2.10. The maximum Gasteiger partial charge on any atom is 0.234 e. The predicted octanol–water partition coefficient (Wildman–Crippen LogP) is 5.24. The van der Waals surface area contributed by atoms with Crippen molar-refractivity contribution in [2.75, 3.05) is 11.1 Å². The first-order valence-electron chi connectivity index (χ1n) is 7.44. The molecule has 0 radical (unpaired) electrons. The molecule has 5 heteroatoms. The summed E-state index contributed by atoms with van der Waals surface area (Å²) in [7, 11) is 0. The van der Waals surface area contributed by atoms with Gasteiger partial charge in [-0.3, -0.25) is 4.79 Å². The molecule has 2 N–H and O–H groups in total. The van der Waals surface area contributed by atoms with Gasteiger partial charge in [-0.05, 0) is 42.1 Å². The normalized spacial score (nSPS) is 10.8. The number of hydrogen-bond donors (Lipinski definition) is 2. The van der Waals surface area contributed by atoms with Gasteiger partial charge in [-0.25, -0.2) is 0 Å².